The summed E-state index contributed by atoms with van der Waals surface area (Å²) in [4.78, 5) is 29.1. The molecule has 1 aliphatic carbocycles. The Bertz CT molecular complexity index is 1040. The maximum absolute atomic E-state index is 12.6. The molecule has 9 heteroatoms. The van der Waals surface area contributed by atoms with Gasteiger partial charge in [-0.25, -0.2) is 18.9 Å². The highest BCUT2D eigenvalue weighted by molar-refractivity contribution is 6.30. The fraction of sp³-hybridized carbons (Fsp3) is 0.368. The number of hydrogen-bond acceptors (Lipinski definition) is 5. The maximum atomic E-state index is 12.6. The van der Waals surface area contributed by atoms with Gasteiger partial charge in [-0.1, -0.05) is 30.9 Å². The number of carbonyl (C=O) groups excluding carboxylic acids is 1. The van der Waals surface area contributed by atoms with Crippen molar-refractivity contribution in [2.45, 2.75) is 44.7 Å². The summed E-state index contributed by atoms with van der Waals surface area (Å²) in [5.41, 5.74) is -0.176. The van der Waals surface area contributed by atoms with E-state index in [4.69, 9.17) is 16.3 Å². The van der Waals surface area contributed by atoms with Crippen LogP contribution in [-0.2, 0) is 11.3 Å². The SMILES string of the molecule is O=C(Cn1nc2c(Oc3ccc(Cl)cc3)nccn2c1=O)NC1CCCCC1. The summed E-state index contributed by atoms with van der Waals surface area (Å²) in [7, 11) is 0. The molecule has 2 aromatic heterocycles. The van der Waals surface area contributed by atoms with Crippen molar-refractivity contribution in [3.63, 3.8) is 0 Å². The first-order valence-corrected chi connectivity index (χ1v) is 9.65. The van der Waals surface area contributed by atoms with Gasteiger partial charge in [0.1, 0.15) is 12.3 Å². The molecular formula is C19H20ClN5O3. The lowest BCUT2D eigenvalue weighted by atomic mass is 9.95. The van der Waals surface area contributed by atoms with Crippen LogP contribution in [0.2, 0.25) is 5.02 Å². The van der Waals surface area contributed by atoms with Gasteiger partial charge in [-0.05, 0) is 37.1 Å². The number of fused-ring (bicyclic) bond motifs is 1. The summed E-state index contributed by atoms with van der Waals surface area (Å²) in [6.07, 6.45) is 8.36. The second-order valence-electron chi connectivity index (χ2n) is 6.82. The lowest BCUT2D eigenvalue weighted by molar-refractivity contribution is -0.122. The molecule has 0 unspecified atom stereocenters. The van der Waals surface area contributed by atoms with E-state index in [1.165, 1.54) is 23.2 Å². The third-order valence-corrected chi connectivity index (χ3v) is 5.01. The van der Waals surface area contributed by atoms with Gasteiger partial charge in [-0.3, -0.25) is 4.79 Å². The molecule has 0 saturated heterocycles. The first-order valence-electron chi connectivity index (χ1n) is 9.27. The zero-order valence-corrected chi connectivity index (χ0v) is 15.9. The second-order valence-corrected chi connectivity index (χ2v) is 7.26. The molecule has 0 bridgehead atoms. The van der Waals surface area contributed by atoms with E-state index < -0.39 is 5.69 Å². The number of nitrogens with one attached hydrogen (secondary N) is 1. The number of carbonyl (C=O) groups is 1. The quantitative estimate of drug-likeness (QED) is 0.709. The Hall–Kier alpha value is -2.87. The summed E-state index contributed by atoms with van der Waals surface area (Å²) in [5.74, 6) is 0.473. The van der Waals surface area contributed by atoms with Crippen LogP contribution in [0.4, 0.5) is 0 Å². The van der Waals surface area contributed by atoms with E-state index >= 15 is 0 Å². The molecular weight excluding hydrogens is 382 g/mol. The predicted octanol–water partition coefficient (Wildman–Crippen LogP) is 2.79. The Balaban J connectivity index is 1.55. The standard InChI is InChI=1S/C19H20ClN5O3/c20-13-6-8-15(9-7-13)28-18-17-23-25(19(27)24(17)11-10-21-18)12-16(26)22-14-4-2-1-3-5-14/h6-11,14H,1-5,12H2,(H,22,26). The zero-order chi connectivity index (χ0) is 19.5. The van der Waals surface area contributed by atoms with Crippen molar-refractivity contribution < 1.29 is 9.53 Å². The number of benzene rings is 1. The van der Waals surface area contributed by atoms with E-state index in [9.17, 15) is 9.59 Å². The van der Waals surface area contributed by atoms with Gasteiger partial charge in [-0.2, -0.15) is 0 Å². The third kappa shape index (κ3) is 4.01. The normalized spacial score (nSPS) is 14.9. The van der Waals surface area contributed by atoms with Crippen LogP contribution in [-0.4, -0.2) is 31.1 Å². The average Bonchev–Trinajstić information content (AvgIpc) is 3.01. The van der Waals surface area contributed by atoms with Crippen LogP contribution in [0.1, 0.15) is 32.1 Å². The molecule has 0 radical (unpaired) electrons. The molecule has 146 valence electrons. The van der Waals surface area contributed by atoms with Crippen LogP contribution in [0.25, 0.3) is 5.65 Å². The van der Waals surface area contributed by atoms with Crippen molar-refractivity contribution in [3.05, 3.63) is 52.2 Å². The van der Waals surface area contributed by atoms with Gasteiger partial charge < -0.3 is 10.1 Å². The number of amides is 1. The number of aromatic nitrogens is 4. The van der Waals surface area contributed by atoms with E-state index in [1.807, 2.05) is 0 Å². The number of halogens is 1. The van der Waals surface area contributed by atoms with Gasteiger partial charge >= 0.3 is 5.69 Å². The van der Waals surface area contributed by atoms with Crippen molar-refractivity contribution in [1.29, 1.82) is 0 Å². The monoisotopic (exact) mass is 401 g/mol. The maximum Gasteiger partial charge on any atom is 0.351 e. The van der Waals surface area contributed by atoms with Crippen LogP contribution in [0.15, 0.2) is 41.5 Å². The van der Waals surface area contributed by atoms with E-state index in [1.54, 1.807) is 24.3 Å². The summed E-state index contributed by atoms with van der Waals surface area (Å²) in [5, 5.41) is 7.83. The molecule has 3 aromatic rings. The smallest absolute Gasteiger partial charge is 0.351 e. The number of hydrogen-bond donors (Lipinski definition) is 1. The molecule has 1 saturated carbocycles. The Morgan fingerprint density at radius 1 is 1.21 bits per heavy atom. The highest BCUT2D eigenvalue weighted by Gasteiger charge is 2.19. The zero-order valence-electron chi connectivity index (χ0n) is 15.2. The second kappa shape index (κ2) is 8.02. The van der Waals surface area contributed by atoms with E-state index in [-0.39, 0.29) is 30.0 Å². The molecule has 1 aliphatic rings. The van der Waals surface area contributed by atoms with E-state index in [2.05, 4.69) is 15.4 Å². The van der Waals surface area contributed by atoms with Crippen LogP contribution in [0.5, 0.6) is 11.6 Å². The van der Waals surface area contributed by atoms with Crippen LogP contribution >= 0.6 is 11.6 Å². The lowest BCUT2D eigenvalue weighted by Gasteiger charge is -2.22. The predicted molar refractivity (Wildman–Crippen MR) is 104 cm³/mol. The summed E-state index contributed by atoms with van der Waals surface area (Å²) >= 11 is 5.88. The fourth-order valence-corrected chi connectivity index (χ4v) is 3.50. The van der Waals surface area contributed by atoms with Gasteiger partial charge in [0.25, 0.3) is 5.88 Å². The molecule has 8 nitrogen and oxygen atoms in total. The number of nitrogens with zero attached hydrogens (tertiary/aromatic N) is 4. The topological polar surface area (TPSA) is 90.5 Å². The van der Waals surface area contributed by atoms with Crippen molar-refractivity contribution in [3.8, 4) is 11.6 Å². The van der Waals surface area contributed by atoms with Crippen LogP contribution in [0, 0.1) is 0 Å². The molecule has 1 fully saturated rings. The molecule has 2 heterocycles. The van der Waals surface area contributed by atoms with Crippen molar-refractivity contribution in [1.82, 2.24) is 24.5 Å². The fourth-order valence-electron chi connectivity index (χ4n) is 3.37. The summed E-state index contributed by atoms with van der Waals surface area (Å²) < 4.78 is 8.18. The molecule has 0 atom stereocenters. The highest BCUT2D eigenvalue weighted by Crippen LogP contribution is 2.23. The average molecular weight is 402 g/mol. The van der Waals surface area contributed by atoms with E-state index in [0.29, 0.717) is 10.8 Å². The highest BCUT2D eigenvalue weighted by atomic mass is 35.5. The van der Waals surface area contributed by atoms with Crippen LogP contribution in [0.3, 0.4) is 0 Å². The Morgan fingerprint density at radius 2 is 1.96 bits per heavy atom. The Labute approximate surface area is 166 Å². The number of ether oxygens (including phenoxy) is 1. The van der Waals surface area contributed by atoms with Gasteiger partial charge in [0.05, 0.1) is 0 Å². The summed E-state index contributed by atoms with van der Waals surface area (Å²) in [6, 6.07) is 6.95. The van der Waals surface area contributed by atoms with Crippen LogP contribution < -0.4 is 15.7 Å². The first-order chi connectivity index (χ1) is 13.6. The van der Waals surface area contributed by atoms with Crippen molar-refractivity contribution in [2.75, 3.05) is 0 Å². The first kappa shape index (κ1) is 18.5. The summed E-state index contributed by atoms with van der Waals surface area (Å²) in [6.45, 7) is -0.141. The van der Waals surface area contributed by atoms with Crippen molar-refractivity contribution in [2.24, 2.45) is 0 Å². The molecule has 1 amide bonds. The number of rotatable bonds is 5. The minimum absolute atomic E-state index is 0.141. The van der Waals surface area contributed by atoms with Gasteiger partial charge in [0.15, 0.2) is 0 Å². The molecule has 0 spiro atoms. The van der Waals surface area contributed by atoms with Gasteiger partial charge in [0.2, 0.25) is 11.6 Å². The lowest BCUT2D eigenvalue weighted by Crippen LogP contribution is -2.40. The Kier molecular flexibility index (Phi) is 5.29. The molecule has 1 N–H and O–H groups in total. The molecule has 0 aliphatic heterocycles. The van der Waals surface area contributed by atoms with Gasteiger partial charge in [-0.15, -0.1) is 5.10 Å². The van der Waals surface area contributed by atoms with Gasteiger partial charge in [0, 0.05) is 23.5 Å². The molecule has 28 heavy (non-hydrogen) atoms. The largest absolute Gasteiger partial charge is 0.436 e. The minimum atomic E-state index is -0.419. The van der Waals surface area contributed by atoms with Crippen molar-refractivity contribution >= 4 is 23.2 Å². The molecule has 1 aromatic carbocycles. The van der Waals surface area contributed by atoms with E-state index in [0.717, 1.165) is 30.4 Å². The molecule has 4 rings (SSSR count). The minimum Gasteiger partial charge on any atom is -0.436 e. The third-order valence-electron chi connectivity index (χ3n) is 4.76. The Morgan fingerprint density at radius 3 is 2.71 bits per heavy atom.